The van der Waals surface area contributed by atoms with Crippen molar-refractivity contribution in [2.24, 2.45) is 5.84 Å². The minimum Gasteiger partial charge on any atom is -0.315 e. The van der Waals surface area contributed by atoms with E-state index in [9.17, 15) is 13.2 Å². The van der Waals surface area contributed by atoms with Crippen LogP contribution in [0.15, 0.2) is 100 Å². The van der Waals surface area contributed by atoms with Crippen LogP contribution in [-0.2, 0) is 14.6 Å². The fourth-order valence-corrected chi connectivity index (χ4v) is 5.54. The molecule has 3 aromatic carbocycles. The maximum Gasteiger partial charge on any atom is 0.368 e. The van der Waals surface area contributed by atoms with Gasteiger partial charge in [-0.3, -0.25) is 5.84 Å². The number of carbonyl (C=O) groups is 1. The summed E-state index contributed by atoms with van der Waals surface area (Å²) in [7, 11) is -3.99. The van der Waals surface area contributed by atoms with Crippen molar-refractivity contribution in [1.82, 2.24) is 5.43 Å². The van der Waals surface area contributed by atoms with Crippen LogP contribution in [0.2, 0.25) is 0 Å². The van der Waals surface area contributed by atoms with Crippen LogP contribution in [0.3, 0.4) is 0 Å². The number of aryl methyl sites for hydroxylation is 1. The number of rotatable bonds is 5. The average molecular weight is 421 g/mol. The number of hydrogen-bond donors (Lipinski definition) is 3. The molecular formula is C23H22N3O3S+. The quantitative estimate of drug-likeness (QED) is 0.433. The molecule has 1 heterocycles. The van der Waals surface area contributed by atoms with Gasteiger partial charge in [-0.2, -0.15) is 0 Å². The van der Waals surface area contributed by atoms with E-state index in [1.54, 1.807) is 36.4 Å². The van der Waals surface area contributed by atoms with Crippen molar-refractivity contribution in [2.45, 2.75) is 17.9 Å². The van der Waals surface area contributed by atoms with Crippen LogP contribution in [0.4, 0.5) is 5.69 Å². The number of benzene rings is 3. The van der Waals surface area contributed by atoms with Gasteiger partial charge in [-0.1, -0.05) is 66.2 Å². The number of sulfone groups is 1. The summed E-state index contributed by atoms with van der Waals surface area (Å²) in [6.07, 6.45) is 0. The molecule has 0 radical (unpaired) electrons. The Bertz CT molecular complexity index is 1210. The zero-order chi connectivity index (χ0) is 21.3. The molecule has 4 N–H and O–H groups in total. The first-order valence-electron chi connectivity index (χ1n) is 9.49. The van der Waals surface area contributed by atoms with Gasteiger partial charge in [0.2, 0.25) is 9.84 Å². The molecular weight excluding hydrogens is 398 g/mol. The molecule has 1 unspecified atom stereocenters. The van der Waals surface area contributed by atoms with Crippen LogP contribution in [0, 0.1) is 6.92 Å². The van der Waals surface area contributed by atoms with Crippen LogP contribution in [0.25, 0.3) is 0 Å². The topological polar surface area (TPSA) is 93.7 Å². The highest BCUT2D eigenvalue weighted by atomic mass is 32.2. The lowest BCUT2D eigenvalue weighted by atomic mass is 10.1. The number of nitrogens with two attached hydrogens (primary N) is 1. The monoisotopic (exact) mass is 420 g/mol. The van der Waals surface area contributed by atoms with Crippen molar-refractivity contribution in [1.29, 1.82) is 0 Å². The molecule has 3 aromatic rings. The summed E-state index contributed by atoms with van der Waals surface area (Å²) in [6.45, 7) is 1.88. The number of para-hydroxylation sites is 1. The normalized spacial score (nSPS) is 19.2. The van der Waals surface area contributed by atoms with E-state index in [4.69, 9.17) is 5.84 Å². The van der Waals surface area contributed by atoms with Gasteiger partial charge < -0.3 is 5.43 Å². The molecule has 0 saturated heterocycles. The van der Waals surface area contributed by atoms with Crippen molar-refractivity contribution >= 4 is 21.4 Å². The van der Waals surface area contributed by atoms with Crippen LogP contribution >= 0.6 is 0 Å². The highest BCUT2D eigenvalue weighted by Gasteiger charge is 2.52. The molecule has 4 rings (SSSR count). The Labute approximate surface area is 175 Å². The predicted molar refractivity (Wildman–Crippen MR) is 114 cm³/mol. The first kappa shape index (κ1) is 20.0. The summed E-state index contributed by atoms with van der Waals surface area (Å²) in [4.78, 5) is 13.9. The van der Waals surface area contributed by atoms with Crippen molar-refractivity contribution < 1.29 is 18.1 Å². The molecule has 0 aromatic heterocycles. The molecule has 0 spiro atoms. The largest absolute Gasteiger partial charge is 0.368 e. The van der Waals surface area contributed by atoms with E-state index in [2.05, 4.69) is 5.43 Å². The van der Waals surface area contributed by atoms with Gasteiger partial charge in [-0.15, -0.1) is 0 Å². The van der Waals surface area contributed by atoms with Crippen molar-refractivity contribution in [3.63, 3.8) is 0 Å². The van der Waals surface area contributed by atoms with Gasteiger partial charge in [0.1, 0.15) is 10.6 Å². The third kappa shape index (κ3) is 3.33. The summed E-state index contributed by atoms with van der Waals surface area (Å²) in [6, 6.07) is 24.1. The van der Waals surface area contributed by atoms with Crippen LogP contribution in [-0.4, -0.2) is 14.3 Å². The zero-order valence-corrected chi connectivity index (χ0v) is 17.2. The molecule has 30 heavy (non-hydrogen) atoms. The second kappa shape index (κ2) is 7.87. The Hall–Kier alpha value is -3.26. The van der Waals surface area contributed by atoms with Crippen LogP contribution in [0.1, 0.15) is 17.2 Å². The highest BCUT2D eigenvalue weighted by molar-refractivity contribution is 7.95. The van der Waals surface area contributed by atoms with E-state index in [0.717, 1.165) is 5.56 Å². The first-order valence-corrected chi connectivity index (χ1v) is 11.0. The Morgan fingerprint density at radius 2 is 1.43 bits per heavy atom. The Morgan fingerprint density at radius 3 is 2.00 bits per heavy atom. The summed E-state index contributed by atoms with van der Waals surface area (Å²) in [5, 5.41) is 0. The molecule has 0 aliphatic carbocycles. The molecule has 152 valence electrons. The van der Waals surface area contributed by atoms with E-state index in [1.807, 2.05) is 55.5 Å². The maximum atomic E-state index is 13.7. The molecule has 1 aliphatic heterocycles. The maximum absolute atomic E-state index is 13.7. The van der Waals surface area contributed by atoms with Gasteiger partial charge in [0.15, 0.2) is 11.7 Å². The number of amides is 1. The van der Waals surface area contributed by atoms with Gasteiger partial charge in [-0.05, 0) is 31.2 Å². The summed E-state index contributed by atoms with van der Waals surface area (Å²) in [5.74, 6) is 5.27. The Balaban J connectivity index is 1.97. The minimum atomic E-state index is -3.99. The van der Waals surface area contributed by atoms with E-state index >= 15 is 0 Å². The fraction of sp³-hybridized carbons (Fsp3) is 0.0870. The van der Waals surface area contributed by atoms with Crippen LogP contribution in [0.5, 0.6) is 0 Å². The lowest BCUT2D eigenvalue weighted by molar-refractivity contribution is -0.771. The second-order valence-corrected chi connectivity index (χ2v) is 9.07. The first-order chi connectivity index (χ1) is 14.4. The Kier molecular flexibility index (Phi) is 5.26. The van der Waals surface area contributed by atoms with Crippen molar-refractivity contribution in [3.8, 4) is 0 Å². The molecule has 1 amide bonds. The van der Waals surface area contributed by atoms with Gasteiger partial charge in [0, 0.05) is 5.56 Å². The summed E-state index contributed by atoms with van der Waals surface area (Å²) >= 11 is 0. The molecule has 2 atom stereocenters. The molecule has 0 saturated carbocycles. The molecule has 6 nitrogen and oxygen atoms in total. The number of nitrogens with one attached hydrogen (secondary N) is 2. The minimum absolute atomic E-state index is 0.0242. The van der Waals surface area contributed by atoms with Gasteiger partial charge >= 0.3 is 5.91 Å². The molecule has 0 bridgehead atoms. The number of hydrazine groups is 1. The van der Waals surface area contributed by atoms with Gasteiger partial charge in [0.05, 0.1) is 4.90 Å². The lowest BCUT2D eigenvalue weighted by Gasteiger charge is -2.22. The van der Waals surface area contributed by atoms with E-state index in [0.29, 0.717) is 16.2 Å². The second-order valence-electron chi connectivity index (χ2n) is 7.15. The molecule has 7 heteroatoms. The average Bonchev–Trinajstić information content (AvgIpc) is 3.08. The lowest BCUT2D eigenvalue weighted by Crippen LogP contribution is -3.09. The number of quaternary nitrogens is 1. The van der Waals surface area contributed by atoms with E-state index < -0.39 is 21.8 Å². The van der Waals surface area contributed by atoms with E-state index in [1.165, 1.54) is 0 Å². The number of hydrogen-bond acceptors (Lipinski definition) is 5. The van der Waals surface area contributed by atoms with Gasteiger partial charge in [0.25, 0.3) is 0 Å². The third-order valence-electron chi connectivity index (χ3n) is 5.25. The fourth-order valence-electron chi connectivity index (χ4n) is 3.80. The highest BCUT2D eigenvalue weighted by Crippen LogP contribution is 2.35. The summed E-state index contributed by atoms with van der Waals surface area (Å²) in [5.41, 5.74) is 4.60. The third-order valence-corrected chi connectivity index (χ3v) is 7.16. The SMILES string of the molecule is Cc1ccc(S(=O)(=O)C2=C(NN)C(=O)[NH+](c3ccccc3)[C@H]2c2ccccc2)cc1. The van der Waals surface area contributed by atoms with Crippen molar-refractivity contribution in [3.05, 3.63) is 107 Å². The predicted octanol–water partition coefficient (Wildman–Crippen LogP) is 1.94. The Morgan fingerprint density at radius 1 is 0.867 bits per heavy atom. The molecule has 1 aliphatic rings. The van der Waals surface area contributed by atoms with Crippen LogP contribution < -0.4 is 16.2 Å². The van der Waals surface area contributed by atoms with E-state index in [-0.39, 0.29) is 15.5 Å². The number of carbonyl (C=O) groups excluding carboxylic acids is 1. The van der Waals surface area contributed by atoms with Gasteiger partial charge in [-0.25, -0.2) is 18.1 Å². The standard InChI is InChI=1S/C23H21N3O3S/c1-16-12-14-19(15-13-16)30(28,29)22-20(25-24)23(27)26(18-10-6-3-7-11-18)21(22)17-8-4-2-5-9-17/h2-15,21,25H,24H2,1H3/p+1/t21-/m0/s1. The zero-order valence-electron chi connectivity index (χ0n) is 16.4. The summed E-state index contributed by atoms with van der Waals surface area (Å²) < 4.78 is 27.4. The molecule has 0 fully saturated rings. The van der Waals surface area contributed by atoms with Crippen molar-refractivity contribution in [2.75, 3.05) is 0 Å². The smallest absolute Gasteiger partial charge is 0.315 e.